The van der Waals surface area contributed by atoms with Gasteiger partial charge in [0.25, 0.3) is 5.91 Å². The number of carbonyl (C=O) groups is 2. The van der Waals surface area contributed by atoms with E-state index in [1.165, 1.54) is 23.1 Å². The number of anilines is 1. The summed E-state index contributed by atoms with van der Waals surface area (Å²) in [5, 5.41) is 10.6. The molecule has 0 aliphatic heterocycles. The van der Waals surface area contributed by atoms with Crippen molar-refractivity contribution >= 4 is 40.1 Å². The Hall–Kier alpha value is -2.13. The molecule has 1 aromatic heterocycles. The fourth-order valence-electron chi connectivity index (χ4n) is 1.87. The highest BCUT2D eigenvalue weighted by Gasteiger charge is 2.19. The maximum atomic E-state index is 12.4. The predicted octanol–water partition coefficient (Wildman–Crippen LogP) is 3.23. The number of para-hydroxylation sites is 1. The van der Waals surface area contributed by atoms with E-state index in [9.17, 15) is 9.59 Å². The first-order valence-corrected chi connectivity index (χ1v) is 9.44. The molecule has 1 N–H and O–H groups in total. The molecule has 0 fully saturated rings. The summed E-state index contributed by atoms with van der Waals surface area (Å²) < 4.78 is 11.0. The van der Waals surface area contributed by atoms with Gasteiger partial charge in [-0.2, -0.15) is 0 Å². The smallest absolute Gasteiger partial charge is 0.319 e. The van der Waals surface area contributed by atoms with Crippen LogP contribution < -0.4 is 10.1 Å². The van der Waals surface area contributed by atoms with Gasteiger partial charge in [0.1, 0.15) is 11.0 Å². The number of nitrogens with zero attached hydrogens (tertiary/aromatic N) is 2. The van der Waals surface area contributed by atoms with Gasteiger partial charge in [0.15, 0.2) is 4.34 Å². The van der Waals surface area contributed by atoms with Gasteiger partial charge in [-0.25, -0.2) is 0 Å². The molecule has 1 atom stereocenters. The highest BCUT2D eigenvalue weighted by Crippen LogP contribution is 2.30. The summed E-state index contributed by atoms with van der Waals surface area (Å²) in [6.45, 7) is 6.15. The third-order valence-electron chi connectivity index (χ3n) is 2.95. The van der Waals surface area contributed by atoms with E-state index in [2.05, 4.69) is 15.5 Å². The van der Waals surface area contributed by atoms with Crippen molar-refractivity contribution in [3.05, 3.63) is 29.8 Å². The summed E-state index contributed by atoms with van der Waals surface area (Å²) in [7, 11) is 0. The van der Waals surface area contributed by atoms with Crippen molar-refractivity contribution in [2.75, 3.05) is 18.5 Å². The summed E-state index contributed by atoms with van der Waals surface area (Å²) >= 11 is 2.44. The molecule has 9 heteroatoms. The minimum atomic E-state index is -0.393. The van der Waals surface area contributed by atoms with E-state index in [1.54, 1.807) is 38.1 Å². The minimum absolute atomic E-state index is 0.307. The molecule has 1 heterocycles. The monoisotopic (exact) mass is 381 g/mol. The number of thioether (sulfide) groups is 1. The van der Waals surface area contributed by atoms with Crippen molar-refractivity contribution in [1.82, 2.24) is 10.2 Å². The van der Waals surface area contributed by atoms with Crippen LogP contribution in [0.15, 0.2) is 28.6 Å². The van der Waals surface area contributed by atoms with Crippen LogP contribution in [0.1, 0.15) is 31.1 Å². The van der Waals surface area contributed by atoms with Crippen molar-refractivity contribution in [1.29, 1.82) is 0 Å². The van der Waals surface area contributed by atoms with E-state index in [0.29, 0.717) is 34.0 Å². The molecule has 0 bridgehead atoms. The lowest BCUT2D eigenvalue weighted by Crippen LogP contribution is -2.16. The molecular formula is C16H19N3O4S2. The maximum absolute atomic E-state index is 12.4. The number of ether oxygens (including phenoxy) is 2. The van der Waals surface area contributed by atoms with Crippen LogP contribution in [0.2, 0.25) is 0 Å². The number of carbonyl (C=O) groups excluding carboxylic acids is 2. The molecule has 134 valence electrons. The lowest BCUT2D eigenvalue weighted by molar-refractivity contribution is -0.142. The van der Waals surface area contributed by atoms with Gasteiger partial charge in [0.2, 0.25) is 5.13 Å². The Morgan fingerprint density at radius 1 is 1.24 bits per heavy atom. The molecule has 25 heavy (non-hydrogen) atoms. The van der Waals surface area contributed by atoms with E-state index in [4.69, 9.17) is 9.47 Å². The molecule has 2 aromatic rings. The van der Waals surface area contributed by atoms with Crippen LogP contribution in [0, 0.1) is 0 Å². The van der Waals surface area contributed by atoms with Gasteiger partial charge in [0.05, 0.1) is 18.8 Å². The van der Waals surface area contributed by atoms with E-state index in [-0.39, 0.29) is 11.9 Å². The summed E-state index contributed by atoms with van der Waals surface area (Å²) in [5.74, 6) is -0.119. The molecular weight excluding hydrogens is 362 g/mol. The molecule has 0 saturated carbocycles. The fraction of sp³-hybridized carbons (Fsp3) is 0.375. The van der Waals surface area contributed by atoms with Crippen LogP contribution in [0.5, 0.6) is 5.75 Å². The first kappa shape index (κ1) is 19.2. The minimum Gasteiger partial charge on any atom is -0.493 e. The summed E-state index contributed by atoms with van der Waals surface area (Å²) in [4.78, 5) is 24.0. The van der Waals surface area contributed by atoms with Crippen molar-refractivity contribution in [3.8, 4) is 5.75 Å². The second kappa shape index (κ2) is 9.38. The average molecular weight is 381 g/mol. The van der Waals surface area contributed by atoms with Crippen molar-refractivity contribution in [3.63, 3.8) is 0 Å². The van der Waals surface area contributed by atoms with Crippen LogP contribution in [-0.2, 0) is 9.53 Å². The van der Waals surface area contributed by atoms with Gasteiger partial charge in [-0.3, -0.25) is 14.9 Å². The number of nitrogens with one attached hydrogen (secondary N) is 1. The molecule has 7 nitrogen and oxygen atoms in total. The highest BCUT2D eigenvalue weighted by atomic mass is 32.2. The Balaban J connectivity index is 2.01. The summed E-state index contributed by atoms with van der Waals surface area (Å²) in [5.41, 5.74) is 0.425. The highest BCUT2D eigenvalue weighted by molar-refractivity contribution is 8.02. The van der Waals surface area contributed by atoms with E-state index in [1.807, 2.05) is 6.92 Å². The van der Waals surface area contributed by atoms with Crippen molar-refractivity contribution < 1.29 is 19.1 Å². The molecule has 0 radical (unpaired) electrons. The van der Waals surface area contributed by atoms with E-state index >= 15 is 0 Å². The quantitative estimate of drug-likeness (QED) is 0.426. The summed E-state index contributed by atoms with van der Waals surface area (Å²) in [6, 6.07) is 6.98. The fourth-order valence-corrected chi connectivity index (χ4v) is 3.76. The zero-order valence-electron chi connectivity index (χ0n) is 14.1. The second-order valence-electron chi connectivity index (χ2n) is 4.77. The predicted molar refractivity (Wildman–Crippen MR) is 97.4 cm³/mol. The van der Waals surface area contributed by atoms with Gasteiger partial charge in [0, 0.05) is 0 Å². The largest absolute Gasteiger partial charge is 0.493 e. The second-order valence-corrected chi connectivity index (χ2v) is 7.33. The molecule has 0 saturated heterocycles. The van der Waals surface area contributed by atoms with Gasteiger partial charge < -0.3 is 9.47 Å². The Kier molecular flexibility index (Phi) is 7.20. The van der Waals surface area contributed by atoms with Crippen LogP contribution in [-0.4, -0.2) is 40.5 Å². The van der Waals surface area contributed by atoms with E-state index in [0.717, 1.165) is 0 Å². The number of rotatable bonds is 8. The number of hydrogen-bond acceptors (Lipinski definition) is 8. The number of esters is 1. The van der Waals surface area contributed by atoms with Gasteiger partial charge >= 0.3 is 5.97 Å². The van der Waals surface area contributed by atoms with Crippen LogP contribution in [0.4, 0.5) is 5.13 Å². The van der Waals surface area contributed by atoms with Crippen LogP contribution in [0.25, 0.3) is 0 Å². The number of hydrogen-bond donors (Lipinski definition) is 1. The van der Waals surface area contributed by atoms with Crippen LogP contribution in [0.3, 0.4) is 0 Å². The Morgan fingerprint density at radius 2 is 2.00 bits per heavy atom. The standard InChI is InChI=1S/C16H19N3O4S2/c1-4-22-12-9-7-6-8-11(12)13(20)17-15-18-19-16(25-15)24-10(3)14(21)23-5-2/h6-10H,4-5H2,1-3H3,(H,17,18,20)/t10-/m0/s1. The molecule has 0 aliphatic rings. The Labute approximate surface area is 154 Å². The van der Waals surface area contributed by atoms with Crippen molar-refractivity contribution in [2.24, 2.45) is 0 Å². The van der Waals surface area contributed by atoms with Crippen LogP contribution >= 0.6 is 23.1 Å². The lowest BCUT2D eigenvalue weighted by Gasteiger charge is -2.08. The molecule has 1 aromatic carbocycles. The number of amides is 1. The maximum Gasteiger partial charge on any atom is 0.319 e. The molecule has 0 spiro atoms. The first-order chi connectivity index (χ1) is 12.0. The molecule has 0 unspecified atom stereocenters. The van der Waals surface area contributed by atoms with Gasteiger partial charge in [-0.15, -0.1) is 10.2 Å². The lowest BCUT2D eigenvalue weighted by atomic mass is 10.2. The topological polar surface area (TPSA) is 90.4 Å². The average Bonchev–Trinajstić information content (AvgIpc) is 3.02. The normalized spacial score (nSPS) is 11.6. The zero-order chi connectivity index (χ0) is 18.2. The molecule has 2 rings (SSSR count). The Bertz CT molecular complexity index is 736. The van der Waals surface area contributed by atoms with Gasteiger partial charge in [-0.05, 0) is 32.9 Å². The zero-order valence-corrected chi connectivity index (χ0v) is 15.8. The molecule has 1 amide bonds. The SMILES string of the molecule is CCOC(=O)[C@H](C)Sc1nnc(NC(=O)c2ccccc2OCC)s1. The van der Waals surface area contributed by atoms with Crippen molar-refractivity contribution in [2.45, 2.75) is 30.4 Å². The first-order valence-electron chi connectivity index (χ1n) is 7.75. The van der Waals surface area contributed by atoms with E-state index < -0.39 is 5.25 Å². The third-order valence-corrected chi connectivity index (χ3v) is 4.96. The molecule has 0 aliphatic carbocycles. The summed E-state index contributed by atoms with van der Waals surface area (Å²) in [6.07, 6.45) is 0. The number of benzene rings is 1. The van der Waals surface area contributed by atoms with Gasteiger partial charge in [-0.1, -0.05) is 35.2 Å². The number of aromatic nitrogens is 2. The third kappa shape index (κ3) is 5.43. The Morgan fingerprint density at radius 3 is 2.72 bits per heavy atom.